The van der Waals surface area contributed by atoms with Gasteiger partial charge >= 0.3 is 0 Å². The van der Waals surface area contributed by atoms with Crippen LogP contribution in [0.2, 0.25) is 0 Å². The van der Waals surface area contributed by atoms with Crippen LogP contribution in [0.1, 0.15) is 18.4 Å². The van der Waals surface area contributed by atoms with Gasteiger partial charge in [0.25, 0.3) is 0 Å². The quantitative estimate of drug-likeness (QED) is 0.822. The molecule has 0 aromatic carbocycles. The van der Waals surface area contributed by atoms with Gasteiger partial charge in [-0.25, -0.2) is 4.98 Å². The Morgan fingerprint density at radius 3 is 2.89 bits per heavy atom. The Labute approximate surface area is 106 Å². The first-order valence-corrected chi connectivity index (χ1v) is 5.87. The summed E-state index contributed by atoms with van der Waals surface area (Å²) in [5.74, 6) is 2.27. The molecule has 96 valence electrons. The summed E-state index contributed by atoms with van der Waals surface area (Å²) < 4.78 is 1.99. The van der Waals surface area contributed by atoms with Gasteiger partial charge < -0.3 is 15.2 Å². The van der Waals surface area contributed by atoms with Crippen LogP contribution in [0.5, 0.6) is 0 Å². The maximum atomic E-state index is 4.32. The summed E-state index contributed by atoms with van der Waals surface area (Å²) in [5, 5.41) is 14.1. The van der Waals surface area contributed by atoms with Crippen molar-refractivity contribution in [3.8, 4) is 0 Å². The van der Waals surface area contributed by atoms with Gasteiger partial charge in [0, 0.05) is 25.4 Å². The van der Waals surface area contributed by atoms with Crippen LogP contribution in [-0.4, -0.2) is 31.8 Å². The molecule has 0 saturated heterocycles. The number of nitrogens with one attached hydrogen (secondary N) is 2. The van der Waals surface area contributed by atoms with Crippen LogP contribution in [0.3, 0.4) is 0 Å². The second-order valence-electron chi connectivity index (χ2n) is 3.85. The van der Waals surface area contributed by atoms with E-state index in [4.69, 9.17) is 0 Å². The molecule has 0 bridgehead atoms. The van der Waals surface area contributed by atoms with E-state index >= 15 is 0 Å². The number of aromatic nitrogens is 5. The molecule has 7 heteroatoms. The lowest BCUT2D eigenvalue weighted by molar-refractivity contribution is 0.707. The lowest BCUT2D eigenvalue weighted by atomic mass is 10.4. The highest BCUT2D eigenvalue weighted by molar-refractivity contribution is 5.41. The molecule has 0 atom stereocenters. The van der Waals surface area contributed by atoms with Crippen LogP contribution in [0.25, 0.3) is 0 Å². The lowest BCUT2D eigenvalue weighted by Gasteiger charge is -2.08. The second-order valence-corrected chi connectivity index (χ2v) is 3.85. The van der Waals surface area contributed by atoms with E-state index in [0.29, 0.717) is 12.5 Å². The zero-order valence-corrected chi connectivity index (χ0v) is 10.8. The minimum atomic E-state index is 0.591. The molecule has 0 aliphatic carbocycles. The van der Waals surface area contributed by atoms with Gasteiger partial charge in [-0.1, -0.05) is 0 Å². The smallest absolute Gasteiger partial charge is 0.224 e. The van der Waals surface area contributed by atoms with Gasteiger partial charge in [-0.15, -0.1) is 10.2 Å². The minimum absolute atomic E-state index is 0.591. The number of anilines is 2. The van der Waals surface area contributed by atoms with Crippen LogP contribution in [0, 0.1) is 6.92 Å². The molecule has 2 heterocycles. The Balaban J connectivity index is 2.08. The minimum Gasteiger partial charge on any atom is -0.363 e. The van der Waals surface area contributed by atoms with Gasteiger partial charge in [-0.05, 0) is 13.8 Å². The van der Waals surface area contributed by atoms with Crippen molar-refractivity contribution in [2.75, 3.05) is 17.7 Å². The van der Waals surface area contributed by atoms with Gasteiger partial charge in [-0.3, -0.25) is 0 Å². The van der Waals surface area contributed by atoms with Crippen molar-refractivity contribution < 1.29 is 0 Å². The molecule has 0 spiro atoms. The third kappa shape index (κ3) is 2.73. The maximum absolute atomic E-state index is 4.32. The molecular weight excluding hydrogens is 230 g/mol. The van der Waals surface area contributed by atoms with E-state index in [9.17, 15) is 0 Å². The van der Waals surface area contributed by atoms with Gasteiger partial charge in [0.15, 0.2) is 5.82 Å². The first kappa shape index (κ1) is 12.3. The predicted molar refractivity (Wildman–Crippen MR) is 69.3 cm³/mol. The summed E-state index contributed by atoms with van der Waals surface area (Å²) >= 11 is 0. The van der Waals surface area contributed by atoms with Crippen LogP contribution in [0.15, 0.2) is 12.4 Å². The average Bonchev–Trinajstić information content (AvgIpc) is 2.83. The highest BCUT2D eigenvalue weighted by atomic mass is 15.3. The van der Waals surface area contributed by atoms with Gasteiger partial charge in [0.05, 0.1) is 6.54 Å². The highest BCUT2D eigenvalue weighted by Crippen LogP contribution is 2.10. The van der Waals surface area contributed by atoms with E-state index in [2.05, 4.69) is 37.7 Å². The molecule has 2 aromatic rings. The fourth-order valence-corrected chi connectivity index (χ4v) is 1.62. The largest absolute Gasteiger partial charge is 0.363 e. The topological polar surface area (TPSA) is 80.5 Å². The normalized spacial score (nSPS) is 10.4. The molecule has 2 aromatic heterocycles. The zero-order chi connectivity index (χ0) is 13.0. The molecule has 0 aliphatic rings. The summed E-state index contributed by atoms with van der Waals surface area (Å²) in [7, 11) is 1.80. The maximum Gasteiger partial charge on any atom is 0.224 e. The van der Waals surface area contributed by atoms with Crippen molar-refractivity contribution in [3.63, 3.8) is 0 Å². The van der Waals surface area contributed by atoms with Crippen molar-refractivity contribution in [1.29, 1.82) is 0 Å². The summed E-state index contributed by atoms with van der Waals surface area (Å²) in [6.07, 6.45) is 1.72. The van der Waals surface area contributed by atoms with Gasteiger partial charge in [0.2, 0.25) is 5.95 Å². The number of hydrogen-bond donors (Lipinski definition) is 2. The Kier molecular flexibility index (Phi) is 3.71. The monoisotopic (exact) mass is 247 g/mol. The number of rotatable bonds is 5. The fourth-order valence-electron chi connectivity index (χ4n) is 1.62. The number of nitrogens with zero attached hydrogens (tertiary/aromatic N) is 5. The molecule has 0 unspecified atom stereocenters. The molecular formula is C11H17N7. The van der Waals surface area contributed by atoms with E-state index in [1.54, 1.807) is 13.4 Å². The molecule has 0 aliphatic heterocycles. The summed E-state index contributed by atoms with van der Waals surface area (Å²) in [5.41, 5.74) is 0.911. The van der Waals surface area contributed by atoms with E-state index in [1.165, 1.54) is 0 Å². The standard InChI is InChI=1S/C11H17N7/c1-4-18-7-14-17-10(18)6-13-9-5-8(2)15-11(12-3)16-9/h5,7H,4,6H2,1-3H3,(H2,12,13,15,16). The van der Waals surface area contributed by atoms with Gasteiger partial charge in [-0.2, -0.15) is 4.98 Å². The Morgan fingerprint density at radius 2 is 2.17 bits per heavy atom. The van der Waals surface area contributed by atoms with Crippen molar-refractivity contribution in [1.82, 2.24) is 24.7 Å². The predicted octanol–water partition coefficient (Wildman–Crippen LogP) is 1.05. The molecule has 2 N–H and O–H groups in total. The average molecular weight is 247 g/mol. The van der Waals surface area contributed by atoms with Crippen LogP contribution in [-0.2, 0) is 13.1 Å². The van der Waals surface area contributed by atoms with Crippen molar-refractivity contribution in [2.45, 2.75) is 26.9 Å². The number of aryl methyl sites for hydroxylation is 2. The van der Waals surface area contributed by atoms with E-state index < -0.39 is 0 Å². The second kappa shape index (κ2) is 5.44. The molecule has 2 rings (SSSR count). The third-order valence-corrected chi connectivity index (χ3v) is 2.54. The zero-order valence-electron chi connectivity index (χ0n) is 10.8. The Bertz CT molecular complexity index is 520. The van der Waals surface area contributed by atoms with E-state index in [1.807, 2.05) is 17.6 Å². The molecule has 18 heavy (non-hydrogen) atoms. The first-order chi connectivity index (χ1) is 8.72. The molecule has 0 radical (unpaired) electrons. The lowest BCUT2D eigenvalue weighted by Crippen LogP contribution is -2.09. The first-order valence-electron chi connectivity index (χ1n) is 5.87. The molecule has 0 amide bonds. The van der Waals surface area contributed by atoms with E-state index in [-0.39, 0.29) is 0 Å². The van der Waals surface area contributed by atoms with E-state index in [0.717, 1.165) is 23.9 Å². The molecule has 0 fully saturated rings. The Hall–Kier alpha value is -2.18. The van der Waals surface area contributed by atoms with Crippen LogP contribution >= 0.6 is 0 Å². The third-order valence-electron chi connectivity index (χ3n) is 2.54. The van der Waals surface area contributed by atoms with Crippen LogP contribution in [0.4, 0.5) is 11.8 Å². The molecule has 0 saturated carbocycles. The molecule has 7 nitrogen and oxygen atoms in total. The number of hydrogen-bond acceptors (Lipinski definition) is 6. The fraction of sp³-hybridized carbons (Fsp3) is 0.455. The Morgan fingerprint density at radius 1 is 1.33 bits per heavy atom. The van der Waals surface area contributed by atoms with Gasteiger partial charge in [0.1, 0.15) is 12.1 Å². The SMILES string of the molecule is CCn1cnnc1CNc1cc(C)nc(NC)n1. The van der Waals surface area contributed by atoms with Crippen molar-refractivity contribution in [3.05, 3.63) is 23.9 Å². The van der Waals surface area contributed by atoms with Crippen LogP contribution < -0.4 is 10.6 Å². The summed E-state index contributed by atoms with van der Waals surface area (Å²) in [6.45, 7) is 5.44. The summed E-state index contributed by atoms with van der Waals surface area (Å²) in [4.78, 5) is 8.55. The van der Waals surface area contributed by atoms with Crippen molar-refractivity contribution >= 4 is 11.8 Å². The summed E-state index contributed by atoms with van der Waals surface area (Å²) in [6, 6.07) is 1.90. The van der Waals surface area contributed by atoms with Crippen molar-refractivity contribution in [2.24, 2.45) is 0 Å². The highest BCUT2D eigenvalue weighted by Gasteiger charge is 2.04.